The summed E-state index contributed by atoms with van der Waals surface area (Å²) in [4.78, 5) is 29.4. The van der Waals surface area contributed by atoms with Crippen LogP contribution in [0.25, 0.3) is 0 Å². The van der Waals surface area contributed by atoms with Crippen molar-refractivity contribution < 1.29 is 19.1 Å². The zero-order chi connectivity index (χ0) is 19.5. The molecular weight excluding hydrogens is 358 g/mol. The largest absolute Gasteiger partial charge is 0.486 e. The van der Waals surface area contributed by atoms with Crippen molar-refractivity contribution in [2.75, 3.05) is 45.2 Å². The molecular formula is C21H23N3O4. The molecule has 7 nitrogen and oxygen atoms in total. The van der Waals surface area contributed by atoms with E-state index in [-0.39, 0.29) is 6.04 Å². The van der Waals surface area contributed by atoms with Crippen molar-refractivity contribution in [3.05, 3.63) is 54.1 Å². The maximum absolute atomic E-state index is 12.9. The van der Waals surface area contributed by atoms with Crippen molar-refractivity contribution in [1.82, 2.24) is 9.80 Å². The monoisotopic (exact) mass is 381 g/mol. The number of hydrogen-bond acceptors (Lipinski definition) is 5. The molecule has 2 aromatic rings. The quantitative estimate of drug-likeness (QED) is 0.805. The number of hydrogen-bond donors (Lipinski definition) is 1. The predicted molar refractivity (Wildman–Crippen MR) is 104 cm³/mol. The minimum Gasteiger partial charge on any atom is -0.486 e. The van der Waals surface area contributed by atoms with Gasteiger partial charge in [-0.05, 0) is 24.7 Å². The van der Waals surface area contributed by atoms with Crippen molar-refractivity contribution in [3.63, 3.8) is 0 Å². The fraction of sp³-hybridized carbons (Fsp3) is 0.333. The van der Waals surface area contributed by atoms with Gasteiger partial charge in [0.1, 0.15) is 13.2 Å². The Hall–Kier alpha value is -3.06. The summed E-state index contributed by atoms with van der Waals surface area (Å²) in [7, 11) is 2.02. The Morgan fingerprint density at radius 2 is 1.75 bits per heavy atom. The van der Waals surface area contributed by atoms with Crippen molar-refractivity contribution in [3.8, 4) is 11.5 Å². The molecule has 0 bridgehead atoms. The molecule has 7 heteroatoms. The van der Waals surface area contributed by atoms with E-state index in [1.54, 1.807) is 23.1 Å². The highest BCUT2D eigenvalue weighted by Gasteiger charge is 2.33. The van der Waals surface area contributed by atoms with Crippen LogP contribution < -0.4 is 14.8 Å². The summed E-state index contributed by atoms with van der Waals surface area (Å²) < 4.78 is 11.0. The topological polar surface area (TPSA) is 71.1 Å². The molecule has 28 heavy (non-hydrogen) atoms. The van der Waals surface area contributed by atoms with Gasteiger partial charge < -0.3 is 24.6 Å². The van der Waals surface area contributed by atoms with Gasteiger partial charge in [-0.3, -0.25) is 9.59 Å². The third-order valence-corrected chi connectivity index (χ3v) is 5.02. The van der Waals surface area contributed by atoms with Crippen LogP contribution in [0.2, 0.25) is 0 Å². The van der Waals surface area contributed by atoms with Gasteiger partial charge in [-0.25, -0.2) is 0 Å². The second kappa shape index (κ2) is 7.90. The zero-order valence-corrected chi connectivity index (χ0v) is 15.8. The molecule has 2 aliphatic heterocycles. The number of carbonyl (C=O) groups excluding carboxylic acids is 2. The molecule has 2 heterocycles. The maximum atomic E-state index is 12.9. The van der Waals surface area contributed by atoms with Gasteiger partial charge in [-0.2, -0.15) is 0 Å². The average Bonchev–Trinajstić information content (AvgIpc) is 2.73. The minimum atomic E-state index is -0.651. The van der Waals surface area contributed by atoms with Crippen molar-refractivity contribution in [1.29, 1.82) is 0 Å². The number of rotatable bonds is 2. The van der Waals surface area contributed by atoms with E-state index < -0.39 is 11.8 Å². The highest BCUT2D eigenvalue weighted by Crippen LogP contribution is 2.32. The van der Waals surface area contributed by atoms with E-state index >= 15 is 0 Å². The van der Waals surface area contributed by atoms with Crippen LogP contribution in [-0.2, 0) is 9.59 Å². The molecule has 0 saturated carbocycles. The minimum absolute atomic E-state index is 0.154. The van der Waals surface area contributed by atoms with E-state index in [9.17, 15) is 9.59 Å². The first-order valence-corrected chi connectivity index (χ1v) is 9.37. The third kappa shape index (κ3) is 3.80. The molecule has 1 N–H and O–H groups in total. The molecule has 2 amide bonds. The Labute approximate surface area is 163 Å². The number of likely N-dealkylation sites (N-methyl/N-ethyl adjacent to an activating group) is 1. The van der Waals surface area contributed by atoms with Crippen LogP contribution >= 0.6 is 0 Å². The van der Waals surface area contributed by atoms with Gasteiger partial charge in [0.2, 0.25) is 0 Å². The second-order valence-electron chi connectivity index (χ2n) is 7.00. The van der Waals surface area contributed by atoms with E-state index in [0.717, 1.165) is 12.1 Å². The Balaban J connectivity index is 1.50. The van der Waals surface area contributed by atoms with Gasteiger partial charge in [-0.1, -0.05) is 30.3 Å². The summed E-state index contributed by atoms with van der Waals surface area (Å²) in [5, 5.41) is 2.69. The first kappa shape index (κ1) is 18.3. The molecule has 1 saturated heterocycles. The molecule has 2 aliphatic rings. The van der Waals surface area contributed by atoms with Crippen LogP contribution in [0.3, 0.4) is 0 Å². The number of carbonyl (C=O) groups is 2. The smallest absolute Gasteiger partial charge is 0.313 e. The third-order valence-electron chi connectivity index (χ3n) is 5.02. The van der Waals surface area contributed by atoms with Crippen LogP contribution in [-0.4, -0.2) is 61.5 Å². The highest BCUT2D eigenvalue weighted by atomic mass is 16.6. The van der Waals surface area contributed by atoms with Crippen LogP contribution in [0, 0.1) is 0 Å². The summed E-state index contributed by atoms with van der Waals surface area (Å²) in [5.74, 6) is 0.0241. The van der Waals surface area contributed by atoms with E-state index in [0.29, 0.717) is 43.5 Å². The Morgan fingerprint density at radius 3 is 2.54 bits per heavy atom. The van der Waals surface area contributed by atoms with Gasteiger partial charge in [-0.15, -0.1) is 0 Å². The fourth-order valence-corrected chi connectivity index (χ4v) is 3.56. The molecule has 0 spiro atoms. The number of ether oxygens (including phenoxy) is 2. The number of fused-ring (bicyclic) bond motifs is 1. The molecule has 0 unspecified atom stereocenters. The number of piperazine rings is 1. The summed E-state index contributed by atoms with van der Waals surface area (Å²) in [6.45, 7) is 2.88. The fourth-order valence-electron chi connectivity index (χ4n) is 3.56. The van der Waals surface area contributed by atoms with Gasteiger partial charge in [0, 0.05) is 31.4 Å². The van der Waals surface area contributed by atoms with Crippen LogP contribution in [0.5, 0.6) is 11.5 Å². The van der Waals surface area contributed by atoms with Crippen molar-refractivity contribution in [2.24, 2.45) is 0 Å². The van der Waals surface area contributed by atoms with Gasteiger partial charge in [0.05, 0.1) is 6.04 Å². The summed E-state index contributed by atoms with van der Waals surface area (Å²) in [6.07, 6.45) is 0. The Bertz CT molecular complexity index is 871. The molecule has 146 valence electrons. The summed E-state index contributed by atoms with van der Waals surface area (Å²) in [6, 6.07) is 14.8. The molecule has 0 radical (unpaired) electrons. The molecule has 0 aliphatic carbocycles. The van der Waals surface area contributed by atoms with Crippen LogP contribution in [0.15, 0.2) is 48.5 Å². The van der Waals surface area contributed by atoms with Crippen LogP contribution in [0.1, 0.15) is 11.6 Å². The number of nitrogens with one attached hydrogen (secondary N) is 1. The molecule has 1 atom stereocenters. The summed E-state index contributed by atoms with van der Waals surface area (Å²) >= 11 is 0. The van der Waals surface area contributed by atoms with Crippen molar-refractivity contribution in [2.45, 2.75) is 6.04 Å². The lowest BCUT2D eigenvalue weighted by Gasteiger charge is -2.39. The average molecular weight is 381 g/mol. The van der Waals surface area contributed by atoms with Gasteiger partial charge in [0.25, 0.3) is 0 Å². The van der Waals surface area contributed by atoms with E-state index in [2.05, 4.69) is 10.2 Å². The summed E-state index contributed by atoms with van der Waals surface area (Å²) in [5.41, 5.74) is 1.53. The SMILES string of the molecule is CN1CCN(C(=O)C(=O)Nc2ccc3c(c2)OCCO3)[C@@H](c2ccccc2)C1. The van der Waals surface area contributed by atoms with Gasteiger partial charge >= 0.3 is 11.8 Å². The predicted octanol–water partition coefficient (Wildman–Crippen LogP) is 1.91. The normalized spacial score (nSPS) is 19.2. The number of anilines is 1. The van der Waals surface area contributed by atoms with Crippen molar-refractivity contribution >= 4 is 17.5 Å². The lowest BCUT2D eigenvalue weighted by Crippen LogP contribution is -2.52. The van der Waals surface area contributed by atoms with Crippen LogP contribution in [0.4, 0.5) is 5.69 Å². The zero-order valence-electron chi connectivity index (χ0n) is 15.8. The van der Waals surface area contributed by atoms with Gasteiger partial charge in [0.15, 0.2) is 11.5 Å². The standard InChI is InChI=1S/C21H23N3O4/c1-23-9-10-24(17(14-23)15-5-3-2-4-6-15)21(26)20(25)22-16-7-8-18-19(13-16)28-12-11-27-18/h2-8,13,17H,9-12,14H2,1H3,(H,22,25)/t17-/m1/s1. The Kier molecular flexibility index (Phi) is 5.16. The molecule has 0 aromatic heterocycles. The number of amides is 2. The molecule has 2 aromatic carbocycles. The second-order valence-corrected chi connectivity index (χ2v) is 7.00. The van der Waals surface area contributed by atoms with E-state index in [4.69, 9.17) is 9.47 Å². The number of nitrogens with zero attached hydrogens (tertiary/aromatic N) is 2. The molecule has 1 fully saturated rings. The Morgan fingerprint density at radius 1 is 1.00 bits per heavy atom. The number of benzene rings is 2. The van der Waals surface area contributed by atoms with E-state index in [1.807, 2.05) is 37.4 Å². The first-order valence-electron chi connectivity index (χ1n) is 9.37. The molecule has 4 rings (SSSR count). The highest BCUT2D eigenvalue weighted by molar-refractivity contribution is 6.39. The van der Waals surface area contributed by atoms with E-state index in [1.165, 1.54) is 0 Å². The first-order chi connectivity index (χ1) is 13.6. The lowest BCUT2D eigenvalue weighted by molar-refractivity contribution is -0.146. The maximum Gasteiger partial charge on any atom is 0.313 e. The lowest BCUT2D eigenvalue weighted by atomic mass is 10.0.